The van der Waals surface area contributed by atoms with Gasteiger partial charge in [-0.3, -0.25) is 4.99 Å². The minimum Gasteiger partial charge on any atom is -0.482 e. The number of hydrogen-bond donors (Lipinski definition) is 0. The molecule has 0 fully saturated rings. The Morgan fingerprint density at radius 1 is 1.44 bits per heavy atom. The number of ether oxygens (including phenoxy) is 1. The standard InChI is InChI=1S/C12H13ClFNO/c1-7-12(2,3)16-10-8(11(13)15-7)5-4-6-9(10)14/h4-7H,1-3H3/t7-/m1/s1. The van der Waals surface area contributed by atoms with Gasteiger partial charge in [-0.25, -0.2) is 4.39 Å². The van der Waals surface area contributed by atoms with Crippen molar-refractivity contribution >= 4 is 16.8 Å². The predicted molar refractivity (Wildman–Crippen MR) is 63.0 cm³/mol. The average Bonchev–Trinajstić information content (AvgIpc) is 2.27. The molecule has 2 rings (SSSR count). The van der Waals surface area contributed by atoms with Crippen LogP contribution >= 0.6 is 11.6 Å². The van der Waals surface area contributed by atoms with Crippen molar-refractivity contribution in [3.05, 3.63) is 29.6 Å². The van der Waals surface area contributed by atoms with Crippen LogP contribution in [0.5, 0.6) is 5.75 Å². The van der Waals surface area contributed by atoms with Crippen LogP contribution < -0.4 is 4.74 Å². The van der Waals surface area contributed by atoms with Crippen LogP contribution in [0.3, 0.4) is 0 Å². The van der Waals surface area contributed by atoms with Crippen LogP contribution in [-0.2, 0) is 0 Å². The lowest BCUT2D eigenvalue weighted by atomic mass is 10.0. The van der Waals surface area contributed by atoms with E-state index in [9.17, 15) is 4.39 Å². The molecule has 0 amide bonds. The molecule has 0 saturated heterocycles. The molecule has 0 bridgehead atoms. The van der Waals surface area contributed by atoms with Gasteiger partial charge in [-0.1, -0.05) is 17.7 Å². The number of hydrogen-bond acceptors (Lipinski definition) is 2. The fourth-order valence-corrected chi connectivity index (χ4v) is 1.81. The first kappa shape index (κ1) is 11.4. The van der Waals surface area contributed by atoms with E-state index in [1.165, 1.54) is 6.07 Å². The SMILES string of the molecule is C[C@H]1N=C(Cl)c2cccc(F)c2OC1(C)C. The minimum absolute atomic E-state index is 0.133. The lowest BCUT2D eigenvalue weighted by Crippen LogP contribution is -2.38. The smallest absolute Gasteiger partial charge is 0.166 e. The first-order chi connectivity index (χ1) is 7.42. The number of nitrogens with zero attached hydrogens (tertiary/aromatic N) is 1. The third kappa shape index (κ3) is 1.80. The number of benzene rings is 1. The summed E-state index contributed by atoms with van der Waals surface area (Å²) in [5.41, 5.74) is -0.0628. The van der Waals surface area contributed by atoms with E-state index in [1.807, 2.05) is 20.8 Å². The molecule has 1 atom stereocenters. The van der Waals surface area contributed by atoms with E-state index in [0.717, 1.165) is 0 Å². The van der Waals surface area contributed by atoms with E-state index >= 15 is 0 Å². The Balaban J connectivity index is 2.62. The normalized spacial score (nSPS) is 22.8. The Morgan fingerprint density at radius 2 is 2.12 bits per heavy atom. The molecule has 1 aliphatic rings. The molecule has 0 radical (unpaired) electrons. The molecule has 4 heteroatoms. The van der Waals surface area contributed by atoms with Gasteiger partial charge in [-0.2, -0.15) is 0 Å². The summed E-state index contributed by atoms with van der Waals surface area (Å²) in [6.07, 6.45) is 0. The van der Waals surface area contributed by atoms with Crippen molar-refractivity contribution in [2.75, 3.05) is 0 Å². The molecule has 86 valence electrons. The first-order valence-electron chi connectivity index (χ1n) is 5.13. The van der Waals surface area contributed by atoms with Crippen molar-refractivity contribution in [2.45, 2.75) is 32.4 Å². The summed E-state index contributed by atoms with van der Waals surface area (Å²) in [4.78, 5) is 4.30. The topological polar surface area (TPSA) is 21.6 Å². The summed E-state index contributed by atoms with van der Waals surface area (Å²) in [7, 11) is 0. The van der Waals surface area contributed by atoms with Crippen LogP contribution in [-0.4, -0.2) is 16.8 Å². The molecule has 0 saturated carbocycles. The van der Waals surface area contributed by atoms with Crippen LogP contribution in [0.1, 0.15) is 26.3 Å². The van der Waals surface area contributed by atoms with Gasteiger partial charge in [-0.05, 0) is 32.9 Å². The van der Waals surface area contributed by atoms with Gasteiger partial charge in [0.2, 0.25) is 0 Å². The Labute approximate surface area is 99.1 Å². The summed E-state index contributed by atoms with van der Waals surface area (Å²) in [5, 5.41) is 0.299. The van der Waals surface area contributed by atoms with Crippen LogP contribution in [0.2, 0.25) is 0 Å². The summed E-state index contributed by atoms with van der Waals surface area (Å²) >= 11 is 6.05. The van der Waals surface area contributed by atoms with Gasteiger partial charge in [0.1, 0.15) is 10.8 Å². The van der Waals surface area contributed by atoms with Gasteiger partial charge < -0.3 is 4.74 Å². The van der Waals surface area contributed by atoms with E-state index in [-0.39, 0.29) is 11.8 Å². The van der Waals surface area contributed by atoms with Gasteiger partial charge in [0, 0.05) is 0 Å². The number of fused-ring (bicyclic) bond motifs is 1. The van der Waals surface area contributed by atoms with Gasteiger partial charge in [-0.15, -0.1) is 0 Å². The minimum atomic E-state index is -0.576. The van der Waals surface area contributed by atoms with E-state index in [1.54, 1.807) is 12.1 Å². The van der Waals surface area contributed by atoms with Crippen molar-refractivity contribution in [2.24, 2.45) is 4.99 Å². The van der Waals surface area contributed by atoms with Crippen LogP contribution in [0.15, 0.2) is 23.2 Å². The molecule has 16 heavy (non-hydrogen) atoms. The third-order valence-electron chi connectivity index (χ3n) is 2.87. The van der Waals surface area contributed by atoms with E-state index in [0.29, 0.717) is 10.7 Å². The zero-order valence-electron chi connectivity index (χ0n) is 9.42. The summed E-state index contributed by atoms with van der Waals surface area (Å²) in [5.74, 6) is -0.223. The molecule has 1 aliphatic heterocycles. The highest BCUT2D eigenvalue weighted by atomic mass is 35.5. The fourth-order valence-electron chi connectivity index (χ4n) is 1.52. The zero-order chi connectivity index (χ0) is 11.9. The predicted octanol–water partition coefficient (Wildman–Crippen LogP) is 3.37. The molecule has 0 unspecified atom stereocenters. The molecular weight excluding hydrogens is 229 g/mol. The molecule has 0 N–H and O–H groups in total. The van der Waals surface area contributed by atoms with E-state index in [2.05, 4.69) is 4.99 Å². The molecule has 0 spiro atoms. The second-order valence-corrected chi connectivity index (χ2v) is 4.78. The lowest BCUT2D eigenvalue weighted by Gasteiger charge is -2.28. The molecule has 0 aliphatic carbocycles. The molecule has 1 aromatic rings. The second-order valence-electron chi connectivity index (χ2n) is 4.42. The summed E-state index contributed by atoms with van der Waals surface area (Å²) in [6, 6.07) is 4.53. The maximum atomic E-state index is 13.7. The second kappa shape index (κ2) is 3.74. The largest absolute Gasteiger partial charge is 0.482 e. The fraction of sp³-hybridized carbons (Fsp3) is 0.417. The van der Waals surface area contributed by atoms with Crippen LogP contribution in [0.4, 0.5) is 4.39 Å². The van der Waals surface area contributed by atoms with Crippen LogP contribution in [0, 0.1) is 5.82 Å². The molecule has 1 heterocycles. The van der Waals surface area contributed by atoms with E-state index < -0.39 is 11.4 Å². The molecule has 2 nitrogen and oxygen atoms in total. The maximum absolute atomic E-state index is 13.7. The van der Waals surface area contributed by atoms with Crippen molar-refractivity contribution in [3.8, 4) is 5.75 Å². The highest BCUT2D eigenvalue weighted by Gasteiger charge is 2.33. The van der Waals surface area contributed by atoms with Crippen LogP contribution in [0.25, 0.3) is 0 Å². The Morgan fingerprint density at radius 3 is 2.81 bits per heavy atom. The molecule has 0 aromatic heterocycles. The highest BCUT2D eigenvalue weighted by Crippen LogP contribution is 2.33. The monoisotopic (exact) mass is 241 g/mol. The van der Waals surface area contributed by atoms with Crippen molar-refractivity contribution in [1.82, 2.24) is 0 Å². The number of aliphatic imine (C=N–C) groups is 1. The average molecular weight is 242 g/mol. The van der Waals surface area contributed by atoms with Gasteiger partial charge in [0.05, 0.1) is 11.6 Å². The molecular formula is C12H13ClFNO. The van der Waals surface area contributed by atoms with Crippen molar-refractivity contribution in [3.63, 3.8) is 0 Å². The van der Waals surface area contributed by atoms with Gasteiger partial charge in [0.15, 0.2) is 11.6 Å². The zero-order valence-corrected chi connectivity index (χ0v) is 10.2. The number of rotatable bonds is 0. The number of para-hydroxylation sites is 1. The molecule has 1 aromatic carbocycles. The summed E-state index contributed by atoms with van der Waals surface area (Å²) < 4.78 is 19.3. The Kier molecular flexibility index (Phi) is 2.66. The summed E-state index contributed by atoms with van der Waals surface area (Å²) in [6.45, 7) is 5.63. The highest BCUT2D eigenvalue weighted by molar-refractivity contribution is 6.70. The third-order valence-corrected chi connectivity index (χ3v) is 3.17. The Bertz CT molecular complexity index is 456. The lowest BCUT2D eigenvalue weighted by molar-refractivity contribution is 0.0841. The van der Waals surface area contributed by atoms with Crippen molar-refractivity contribution in [1.29, 1.82) is 0 Å². The maximum Gasteiger partial charge on any atom is 0.166 e. The van der Waals surface area contributed by atoms with Gasteiger partial charge >= 0.3 is 0 Å². The first-order valence-corrected chi connectivity index (χ1v) is 5.51. The van der Waals surface area contributed by atoms with E-state index in [4.69, 9.17) is 16.3 Å². The van der Waals surface area contributed by atoms with Crippen molar-refractivity contribution < 1.29 is 9.13 Å². The number of halogens is 2. The van der Waals surface area contributed by atoms with Gasteiger partial charge in [0.25, 0.3) is 0 Å². The quantitative estimate of drug-likeness (QED) is 0.683. The Hall–Kier alpha value is -1.09.